The number of hydrogen-bond acceptors (Lipinski definition) is 4. The zero-order valence-corrected chi connectivity index (χ0v) is 14.0. The monoisotopic (exact) mass is 318 g/mol. The highest BCUT2D eigenvalue weighted by Crippen LogP contribution is 2.33. The van der Waals surface area contributed by atoms with Gasteiger partial charge in [-0.2, -0.15) is 5.10 Å². The van der Waals surface area contributed by atoms with Gasteiger partial charge in [0.1, 0.15) is 5.01 Å². The second-order valence-corrected chi connectivity index (χ2v) is 6.84. The topological polar surface area (TPSA) is 51.0 Å². The number of rotatable bonds is 4. The van der Waals surface area contributed by atoms with Crippen LogP contribution in [0.2, 0.25) is 0 Å². The van der Waals surface area contributed by atoms with Crippen LogP contribution in [0, 0.1) is 6.92 Å². The number of aryl methyl sites for hydroxylation is 3. The summed E-state index contributed by atoms with van der Waals surface area (Å²) in [6.45, 7) is 2.87. The van der Waals surface area contributed by atoms with Crippen molar-refractivity contribution in [2.45, 2.75) is 45.1 Å². The average molecular weight is 318 g/mol. The Morgan fingerprint density at radius 2 is 2.32 bits per heavy atom. The van der Waals surface area contributed by atoms with E-state index in [9.17, 15) is 4.79 Å². The Balaban J connectivity index is 1.66. The van der Waals surface area contributed by atoms with Crippen LogP contribution in [-0.2, 0) is 18.3 Å². The Hall–Kier alpha value is -1.69. The summed E-state index contributed by atoms with van der Waals surface area (Å²) in [5, 5.41) is 7.32. The number of aromatic nitrogens is 3. The molecular weight excluding hydrogens is 296 g/mol. The highest BCUT2D eigenvalue weighted by atomic mass is 32.1. The van der Waals surface area contributed by atoms with E-state index in [2.05, 4.69) is 15.5 Å². The van der Waals surface area contributed by atoms with E-state index in [1.807, 2.05) is 31.3 Å². The van der Waals surface area contributed by atoms with Crippen LogP contribution in [-0.4, -0.2) is 32.1 Å². The molecule has 6 heteroatoms. The van der Waals surface area contributed by atoms with E-state index in [4.69, 9.17) is 0 Å². The number of carbonyl (C=O) groups excluding carboxylic acids is 1. The van der Waals surface area contributed by atoms with Crippen molar-refractivity contribution in [3.05, 3.63) is 34.0 Å². The third-order valence-corrected chi connectivity index (χ3v) is 5.19. The molecule has 1 fully saturated rings. The molecule has 1 aliphatic rings. The maximum Gasteiger partial charge on any atom is 0.223 e. The molecule has 118 valence electrons. The van der Waals surface area contributed by atoms with Crippen molar-refractivity contribution in [2.75, 3.05) is 6.54 Å². The SMILES string of the molecule is Cc1csc([C@@H]2CCCCN2C(=O)CCc2cnn(C)c2)n1. The molecule has 0 spiro atoms. The van der Waals surface area contributed by atoms with Gasteiger partial charge in [0.25, 0.3) is 0 Å². The number of hydrogen-bond donors (Lipinski definition) is 0. The molecule has 2 aromatic rings. The third-order valence-electron chi connectivity index (χ3n) is 4.13. The number of nitrogens with zero attached hydrogens (tertiary/aromatic N) is 4. The Kier molecular flexibility index (Phi) is 4.57. The predicted octanol–water partition coefficient (Wildman–Crippen LogP) is 2.87. The lowest BCUT2D eigenvalue weighted by Crippen LogP contribution is -2.38. The minimum Gasteiger partial charge on any atom is -0.333 e. The smallest absolute Gasteiger partial charge is 0.223 e. The number of piperidine rings is 1. The standard InChI is InChI=1S/C16H22N4OS/c1-12-11-22-16(18-12)14-5-3-4-8-20(14)15(21)7-6-13-9-17-19(2)10-13/h9-11,14H,3-8H2,1-2H3/t14-/m0/s1. The molecule has 0 unspecified atom stereocenters. The van der Waals surface area contributed by atoms with Crippen molar-refractivity contribution in [2.24, 2.45) is 7.05 Å². The summed E-state index contributed by atoms with van der Waals surface area (Å²) in [6.07, 6.45) is 8.43. The quantitative estimate of drug-likeness (QED) is 0.871. The molecule has 3 heterocycles. The van der Waals surface area contributed by atoms with E-state index in [0.717, 1.165) is 42.1 Å². The number of likely N-dealkylation sites (tertiary alicyclic amines) is 1. The van der Waals surface area contributed by atoms with Crippen molar-refractivity contribution >= 4 is 17.2 Å². The Labute approximate surface area is 135 Å². The number of amides is 1. The second-order valence-electron chi connectivity index (χ2n) is 5.95. The largest absolute Gasteiger partial charge is 0.333 e. The van der Waals surface area contributed by atoms with Gasteiger partial charge in [0.05, 0.1) is 12.2 Å². The van der Waals surface area contributed by atoms with E-state index in [-0.39, 0.29) is 11.9 Å². The van der Waals surface area contributed by atoms with Crippen LogP contribution in [0.1, 0.15) is 48.0 Å². The lowest BCUT2D eigenvalue weighted by Gasteiger charge is -2.34. The zero-order valence-electron chi connectivity index (χ0n) is 13.2. The van der Waals surface area contributed by atoms with E-state index in [0.29, 0.717) is 6.42 Å². The molecule has 0 aliphatic carbocycles. The van der Waals surface area contributed by atoms with Crippen molar-refractivity contribution < 1.29 is 4.79 Å². The summed E-state index contributed by atoms with van der Waals surface area (Å²) in [5.41, 5.74) is 2.17. The maximum atomic E-state index is 12.6. The first-order valence-electron chi connectivity index (χ1n) is 7.82. The van der Waals surface area contributed by atoms with Gasteiger partial charge in [0.2, 0.25) is 5.91 Å². The van der Waals surface area contributed by atoms with Crippen LogP contribution >= 0.6 is 11.3 Å². The third kappa shape index (κ3) is 3.38. The molecule has 1 atom stereocenters. The first-order valence-corrected chi connectivity index (χ1v) is 8.70. The molecule has 0 radical (unpaired) electrons. The summed E-state index contributed by atoms with van der Waals surface area (Å²) in [7, 11) is 1.90. The molecule has 3 rings (SSSR count). The lowest BCUT2D eigenvalue weighted by atomic mass is 10.0. The van der Waals surface area contributed by atoms with Crippen LogP contribution in [0.25, 0.3) is 0 Å². The highest BCUT2D eigenvalue weighted by molar-refractivity contribution is 7.09. The summed E-state index contributed by atoms with van der Waals surface area (Å²) in [4.78, 5) is 19.3. The molecule has 2 aromatic heterocycles. The van der Waals surface area contributed by atoms with Gasteiger partial charge < -0.3 is 4.90 Å². The summed E-state index contributed by atoms with van der Waals surface area (Å²) >= 11 is 1.68. The Morgan fingerprint density at radius 3 is 3.00 bits per heavy atom. The normalized spacial score (nSPS) is 18.6. The van der Waals surface area contributed by atoms with Crippen LogP contribution in [0.4, 0.5) is 0 Å². The molecule has 0 bridgehead atoms. The first kappa shape index (κ1) is 15.2. The lowest BCUT2D eigenvalue weighted by molar-refractivity contribution is -0.135. The van der Waals surface area contributed by atoms with E-state index in [1.165, 1.54) is 6.42 Å². The van der Waals surface area contributed by atoms with Crippen molar-refractivity contribution in [1.29, 1.82) is 0 Å². The summed E-state index contributed by atoms with van der Waals surface area (Å²) in [5.74, 6) is 0.237. The molecular formula is C16H22N4OS. The fourth-order valence-electron chi connectivity index (χ4n) is 3.01. The van der Waals surface area contributed by atoms with Gasteiger partial charge in [-0.3, -0.25) is 9.48 Å². The molecule has 1 amide bonds. The van der Waals surface area contributed by atoms with Gasteiger partial charge in [-0.25, -0.2) is 4.98 Å². The summed E-state index contributed by atoms with van der Waals surface area (Å²) < 4.78 is 1.78. The second kappa shape index (κ2) is 6.60. The van der Waals surface area contributed by atoms with E-state index < -0.39 is 0 Å². The zero-order chi connectivity index (χ0) is 15.5. The Morgan fingerprint density at radius 1 is 1.45 bits per heavy atom. The molecule has 0 aromatic carbocycles. The molecule has 0 N–H and O–H groups in total. The fourth-order valence-corrected chi connectivity index (χ4v) is 3.95. The molecule has 1 saturated heterocycles. The van der Waals surface area contributed by atoms with E-state index in [1.54, 1.807) is 16.0 Å². The maximum absolute atomic E-state index is 12.6. The Bertz CT molecular complexity index is 648. The van der Waals surface area contributed by atoms with Gasteiger partial charge in [-0.05, 0) is 38.2 Å². The minimum atomic E-state index is 0.175. The number of thiazole rings is 1. The predicted molar refractivity (Wildman–Crippen MR) is 86.7 cm³/mol. The first-order chi connectivity index (χ1) is 10.6. The fraction of sp³-hybridized carbons (Fsp3) is 0.562. The molecule has 5 nitrogen and oxygen atoms in total. The average Bonchev–Trinajstić information content (AvgIpc) is 3.13. The van der Waals surface area contributed by atoms with Gasteiger partial charge in [0, 0.05) is 37.3 Å². The highest BCUT2D eigenvalue weighted by Gasteiger charge is 2.29. The van der Waals surface area contributed by atoms with Gasteiger partial charge >= 0.3 is 0 Å². The van der Waals surface area contributed by atoms with Crippen LogP contribution < -0.4 is 0 Å². The number of carbonyl (C=O) groups is 1. The molecule has 0 saturated carbocycles. The van der Waals surface area contributed by atoms with E-state index >= 15 is 0 Å². The van der Waals surface area contributed by atoms with Crippen molar-refractivity contribution in [3.63, 3.8) is 0 Å². The minimum absolute atomic E-state index is 0.175. The molecule has 1 aliphatic heterocycles. The van der Waals surface area contributed by atoms with Crippen molar-refractivity contribution in [1.82, 2.24) is 19.7 Å². The van der Waals surface area contributed by atoms with Gasteiger partial charge in [-0.15, -0.1) is 11.3 Å². The van der Waals surface area contributed by atoms with Gasteiger partial charge in [-0.1, -0.05) is 0 Å². The van der Waals surface area contributed by atoms with Crippen LogP contribution in [0.3, 0.4) is 0 Å². The van der Waals surface area contributed by atoms with Gasteiger partial charge in [0.15, 0.2) is 0 Å². The summed E-state index contributed by atoms with van der Waals surface area (Å²) in [6, 6.07) is 0.175. The van der Waals surface area contributed by atoms with Crippen molar-refractivity contribution in [3.8, 4) is 0 Å². The van der Waals surface area contributed by atoms with Crippen LogP contribution in [0.5, 0.6) is 0 Å². The molecule has 22 heavy (non-hydrogen) atoms. The van der Waals surface area contributed by atoms with Crippen LogP contribution in [0.15, 0.2) is 17.8 Å².